The van der Waals surface area contributed by atoms with Crippen molar-refractivity contribution in [2.75, 3.05) is 18.0 Å². The zero-order valence-electron chi connectivity index (χ0n) is 12.9. The molecule has 0 radical (unpaired) electrons. The minimum Gasteiger partial charge on any atom is -0.354 e. The lowest BCUT2D eigenvalue weighted by Crippen LogP contribution is -2.32. The lowest BCUT2D eigenvalue weighted by atomic mass is 10.2. The van der Waals surface area contributed by atoms with Gasteiger partial charge in [0.15, 0.2) is 0 Å². The van der Waals surface area contributed by atoms with Crippen molar-refractivity contribution in [2.45, 2.75) is 59.5 Å². The number of hydrogen-bond acceptors (Lipinski definition) is 3. The Labute approximate surface area is 118 Å². The summed E-state index contributed by atoms with van der Waals surface area (Å²) < 4.78 is 0. The molecule has 0 spiro atoms. The van der Waals surface area contributed by atoms with Crippen LogP contribution in [0.25, 0.3) is 0 Å². The monoisotopic (exact) mass is 263 g/mol. The molecule has 0 atom stereocenters. The van der Waals surface area contributed by atoms with Gasteiger partial charge in [0, 0.05) is 25.3 Å². The van der Waals surface area contributed by atoms with Crippen LogP contribution in [-0.2, 0) is 6.54 Å². The van der Waals surface area contributed by atoms with Gasteiger partial charge in [0.1, 0.15) is 5.82 Å². The number of nitrogens with one attached hydrogen (secondary N) is 1. The Morgan fingerprint density at radius 1 is 1.26 bits per heavy atom. The van der Waals surface area contributed by atoms with Crippen molar-refractivity contribution in [3.8, 4) is 0 Å². The second-order valence-electron chi connectivity index (χ2n) is 5.30. The normalized spacial score (nSPS) is 11.0. The van der Waals surface area contributed by atoms with Gasteiger partial charge < -0.3 is 10.2 Å². The summed E-state index contributed by atoms with van der Waals surface area (Å²) in [5.74, 6) is 1.11. The van der Waals surface area contributed by atoms with E-state index in [1.54, 1.807) is 0 Å². The molecule has 3 heteroatoms. The first-order valence-electron chi connectivity index (χ1n) is 7.61. The van der Waals surface area contributed by atoms with Gasteiger partial charge in [-0.25, -0.2) is 4.98 Å². The van der Waals surface area contributed by atoms with Gasteiger partial charge in [0.25, 0.3) is 0 Å². The van der Waals surface area contributed by atoms with Gasteiger partial charge in [-0.2, -0.15) is 0 Å². The third-order valence-corrected chi connectivity index (χ3v) is 3.31. The fourth-order valence-electron chi connectivity index (χ4n) is 2.17. The number of aromatic nitrogens is 1. The standard InChI is InChI=1S/C16H29N3/c1-5-7-8-11-19(14(3)4)16-12-15(9-10-18-16)13-17-6-2/h9-10,12,14,17H,5-8,11,13H2,1-4H3. The van der Waals surface area contributed by atoms with E-state index in [0.29, 0.717) is 6.04 Å². The molecule has 3 nitrogen and oxygen atoms in total. The van der Waals surface area contributed by atoms with Gasteiger partial charge in [-0.3, -0.25) is 0 Å². The van der Waals surface area contributed by atoms with Crippen LogP contribution < -0.4 is 10.2 Å². The van der Waals surface area contributed by atoms with Crippen LogP contribution in [0.4, 0.5) is 5.82 Å². The first-order valence-corrected chi connectivity index (χ1v) is 7.61. The summed E-state index contributed by atoms with van der Waals surface area (Å²) in [7, 11) is 0. The molecule has 1 rings (SSSR count). The number of anilines is 1. The van der Waals surface area contributed by atoms with Crippen LogP contribution in [-0.4, -0.2) is 24.1 Å². The third-order valence-electron chi connectivity index (χ3n) is 3.31. The Kier molecular flexibility index (Phi) is 7.49. The number of nitrogens with zero attached hydrogens (tertiary/aromatic N) is 2. The highest BCUT2D eigenvalue weighted by Crippen LogP contribution is 2.16. The molecule has 0 unspecified atom stereocenters. The maximum absolute atomic E-state index is 4.55. The molecule has 0 bridgehead atoms. The van der Waals surface area contributed by atoms with Gasteiger partial charge in [-0.15, -0.1) is 0 Å². The largest absolute Gasteiger partial charge is 0.354 e. The summed E-state index contributed by atoms with van der Waals surface area (Å²) >= 11 is 0. The Morgan fingerprint density at radius 2 is 2.05 bits per heavy atom. The second kappa shape index (κ2) is 8.92. The summed E-state index contributed by atoms with van der Waals surface area (Å²) in [4.78, 5) is 6.95. The summed E-state index contributed by atoms with van der Waals surface area (Å²) in [6, 6.07) is 4.81. The predicted molar refractivity (Wildman–Crippen MR) is 83.6 cm³/mol. The molecular weight excluding hydrogens is 234 g/mol. The molecule has 0 aliphatic rings. The molecular formula is C16H29N3. The first kappa shape index (κ1) is 16.0. The number of unbranched alkanes of at least 4 members (excludes halogenated alkanes) is 2. The van der Waals surface area contributed by atoms with Gasteiger partial charge in [-0.05, 0) is 44.5 Å². The average Bonchev–Trinajstić information content (AvgIpc) is 2.41. The van der Waals surface area contributed by atoms with Crippen molar-refractivity contribution < 1.29 is 0 Å². The molecule has 1 N–H and O–H groups in total. The number of rotatable bonds is 9. The molecule has 108 valence electrons. The fraction of sp³-hybridized carbons (Fsp3) is 0.688. The molecule has 0 aliphatic heterocycles. The van der Waals surface area contributed by atoms with Crippen LogP contribution in [0.5, 0.6) is 0 Å². The second-order valence-corrected chi connectivity index (χ2v) is 5.30. The smallest absolute Gasteiger partial charge is 0.129 e. The molecule has 1 aromatic heterocycles. The van der Waals surface area contributed by atoms with Crippen LogP contribution in [0.2, 0.25) is 0 Å². The first-order chi connectivity index (χ1) is 9.19. The summed E-state index contributed by atoms with van der Waals surface area (Å²) in [6.07, 6.45) is 5.73. The van der Waals surface area contributed by atoms with Crippen LogP contribution >= 0.6 is 0 Å². The van der Waals surface area contributed by atoms with Crippen LogP contribution in [0.1, 0.15) is 52.5 Å². The van der Waals surface area contributed by atoms with Gasteiger partial charge in [0.2, 0.25) is 0 Å². The molecule has 0 aliphatic carbocycles. The van der Waals surface area contributed by atoms with E-state index in [4.69, 9.17) is 0 Å². The minimum absolute atomic E-state index is 0.499. The van der Waals surface area contributed by atoms with E-state index < -0.39 is 0 Å². The van der Waals surface area contributed by atoms with Crippen molar-refractivity contribution in [2.24, 2.45) is 0 Å². The summed E-state index contributed by atoms with van der Waals surface area (Å²) in [5.41, 5.74) is 1.31. The molecule has 0 saturated heterocycles. The van der Waals surface area contributed by atoms with E-state index in [1.807, 2.05) is 6.20 Å². The van der Waals surface area contributed by atoms with E-state index in [9.17, 15) is 0 Å². The van der Waals surface area contributed by atoms with Crippen molar-refractivity contribution in [1.82, 2.24) is 10.3 Å². The van der Waals surface area contributed by atoms with Crippen LogP contribution in [0.15, 0.2) is 18.3 Å². The maximum Gasteiger partial charge on any atom is 0.129 e. The maximum atomic E-state index is 4.55. The Balaban J connectivity index is 2.71. The van der Waals surface area contributed by atoms with Gasteiger partial charge >= 0.3 is 0 Å². The zero-order valence-corrected chi connectivity index (χ0v) is 12.9. The van der Waals surface area contributed by atoms with Crippen LogP contribution in [0.3, 0.4) is 0 Å². The topological polar surface area (TPSA) is 28.2 Å². The van der Waals surface area contributed by atoms with E-state index in [-0.39, 0.29) is 0 Å². The molecule has 1 aromatic rings. The Morgan fingerprint density at radius 3 is 2.68 bits per heavy atom. The van der Waals surface area contributed by atoms with Crippen molar-refractivity contribution in [1.29, 1.82) is 0 Å². The minimum atomic E-state index is 0.499. The van der Waals surface area contributed by atoms with Crippen molar-refractivity contribution >= 4 is 5.82 Å². The average molecular weight is 263 g/mol. The SMILES string of the molecule is CCCCCN(c1cc(CNCC)ccn1)C(C)C. The summed E-state index contributed by atoms with van der Waals surface area (Å²) in [5, 5.41) is 3.37. The van der Waals surface area contributed by atoms with Gasteiger partial charge in [-0.1, -0.05) is 26.7 Å². The lowest BCUT2D eigenvalue weighted by Gasteiger charge is -2.28. The highest BCUT2D eigenvalue weighted by Gasteiger charge is 2.11. The van der Waals surface area contributed by atoms with E-state index >= 15 is 0 Å². The van der Waals surface area contributed by atoms with E-state index in [2.05, 4.69) is 55.0 Å². The Hall–Kier alpha value is -1.09. The summed E-state index contributed by atoms with van der Waals surface area (Å²) in [6.45, 7) is 11.9. The predicted octanol–water partition coefficient (Wildman–Crippen LogP) is 3.60. The highest BCUT2D eigenvalue weighted by molar-refractivity contribution is 5.41. The molecule has 19 heavy (non-hydrogen) atoms. The van der Waals surface area contributed by atoms with E-state index in [1.165, 1.54) is 24.8 Å². The van der Waals surface area contributed by atoms with Crippen molar-refractivity contribution in [3.63, 3.8) is 0 Å². The fourth-order valence-corrected chi connectivity index (χ4v) is 2.17. The molecule has 0 saturated carbocycles. The molecule has 0 fully saturated rings. The number of hydrogen-bond donors (Lipinski definition) is 1. The lowest BCUT2D eigenvalue weighted by molar-refractivity contribution is 0.619. The quantitative estimate of drug-likeness (QED) is 0.690. The molecule has 1 heterocycles. The molecule has 0 aromatic carbocycles. The van der Waals surface area contributed by atoms with Crippen molar-refractivity contribution in [3.05, 3.63) is 23.9 Å². The van der Waals surface area contributed by atoms with Crippen LogP contribution in [0, 0.1) is 0 Å². The van der Waals surface area contributed by atoms with Gasteiger partial charge in [0.05, 0.1) is 0 Å². The Bertz CT molecular complexity index is 350. The zero-order chi connectivity index (χ0) is 14.1. The number of pyridine rings is 1. The van der Waals surface area contributed by atoms with E-state index in [0.717, 1.165) is 25.5 Å². The highest BCUT2D eigenvalue weighted by atomic mass is 15.2. The molecule has 0 amide bonds. The third kappa shape index (κ3) is 5.60.